The third-order valence-electron chi connectivity index (χ3n) is 2.95. The molecule has 1 aromatic heterocycles. The highest BCUT2D eigenvalue weighted by Crippen LogP contribution is 2.16. The van der Waals surface area contributed by atoms with E-state index in [2.05, 4.69) is 27.7 Å². The zero-order valence-corrected chi connectivity index (χ0v) is 13.5. The van der Waals surface area contributed by atoms with Crippen molar-refractivity contribution in [2.45, 2.75) is 34.6 Å². The van der Waals surface area contributed by atoms with E-state index in [4.69, 9.17) is 0 Å². The lowest BCUT2D eigenvalue weighted by Crippen LogP contribution is -2.37. The van der Waals surface area contributed by atoms with Crippen molar-refractivity contribution in [3.8, 4) is 0 Å². The molecule has 0 aromatic carbocycles. The van der Waals surface area contributed by atoms with Gasteiger partial charge in [0.05, 0.1) is 0 Å². The Labute approximate surface area is 119 Å². The highest BCUT2D eigenvalue weighted by molar-refractivity contribution is 7.11. The van der Waals surface area contributed by atoms with Crippen LogP contribution in [0.5, 0.6) is 0 Å². The summed E-state index contributed by atoms with van der Waals surface area (Å²) in [6.45, 7) is 11.7. The van der Waals surface area contributed by atoms with E-state index in [0.29, 0.717) is 16.7 Å². The van der Waals surface area contributed by atoms with Gasteiger partial charge in [0.15, 0.2) is 0 Å². The van der Waals surface area contributed by atoms with E-state index in [-0.39, 0.29) is 10.8 Å². The van der Waals surface area contributed by atoms with Gasteiger partial charge in [-0.2, -0.15) is 0 Å². The summed E-state index contributed by atoms with van der Waals surface area (Å²) in [6.07, 6.45) is 0. The lowest BCUT2D eigenvalue weighted by atomic mass is 10.1. The van der Waals surface area contributed by atoms with Gasteiger partial charge < -0.3 is 9.47 Å². The number of amides is 1. The van der Waals surface area contributed by atoms with Crippen molar-refractivity contribution in [1.29, 1.82) is 0 Å². The van der Waals surface area contributed by atoms with Gasteiger partial charge in [0.2, 0.25) is 0 Å². The van der Waals surface area contributed by atoms with Crippen molar-refractivity contribution in [2.24, 2.45) is 18.9 Å². The van der Waals surface area contributed by atoms with Gasteiger partial charge in [0.25, 0.3) is 5.91 Å². The van der Waals surface area contributed by atoms with E-state index in [1.165, 1.54) is 0 Å². The molecule has 0 saturated carbocycles. The molecule has 108 valence electrons. The van der Waals surface area contributed by atoms with Gasteiger partial charge in [-0.05, 0) is 18.8 Å². The minimum atomic E-state index is -0.0742. The first-order valence-electron chi connectivity index (χ1n) is 6.69. The standard InChI is InChI=1S/C14H24N2O2S/c1-9(2)7-16(8-10(3)4)13(17)12-11(5)15(6)14(18)19-12/h9-10H,7-8H2,1-6H3. The van der Waals surface area contributed by atoms with E-state index in [0.717, 1.165) is 30.1 Å². The molecule has 0 spiro atoms. The highest BCUT2D eigenvalue weighted by atomic mass is 32.1. The molecule has 0 aliphatic heterocycles. The Morgan fingerprint density at radius 1 is 1.21 bits per heavy atom. The molecule has 0 unspecified atom stereocenters. The van der Waals surface area contributed by atoms with Crippen molar-refractivity contribution in [1.82, 2.24) is 9.47 Å². The average Bonchev–Trinajstić information content (AvgIpc) is 2.54. The van der Waals surface area contributed by atoms with Crippen LogP contribution in [0.25, 0.3) is 0 Å². The summed E-state index contributed by atoms with van der Waals surface area (Å²) >= 11 is 1.05. The van der Waals surface area contributed by atoms with Crippen molar-refractivity contribution in [2.75, 3.05) is 13.1 Å². The second-order valence-electron chi connectivity index (χ2n) is 5.84. The Bertz CT molecular complexity index is 490. The lowest BCUT2D eigenvalue weighted by Gasteiger charge is -2.26. The Morgan fingerprint density at radius 3 is 2.00 bits per heavy atom. The second kappa shape index (κ2) is 6.37. The van der Waals surface area contributed by atoms with E-state index in [1.807, 2.05) is 11.8 Å². The van der Waals surface area contributed by atoms with Gasteiger partial charge >= 0.3 is 4.87 Å². The minimum absolute atomic E-state index is 0.0115. The highest BCUT2D eigenvalue weighted by Gasteiger charge is 2.23. The first kappa shape index (κ1) is 16.0. The van der Waals surface area contributed by atoms with E-state index >= 15 is 0 Å². The Kier molecular flexibility index (Phi) is 5.35. The van der Waals surface area contributed by atoms with Crippen LogP contribution in [-0.2, 0) is 7.05 Å². The molecule has 1 amide bonds. The predicted octanol–water partition coefficient (Wildman–Crippen LogP) is 2.51. The molecule has 1 aromatic rings. The molecule has 5 heteroatoms. The number of hydrogen-bond acceptors (Lipinski definition) is 3. The lowest BCUT2D eigenvalue weighted by molar-refractivity contribution is 0.0718. The summed E-state index contributed by atoms with van der Waals surface area (Å²) in [5.41, 5.74) is 0.762. The molecule has 0 fully saturated rings. The quantitative estimate of drug-likeness (QED) is 0.833. The van der Waals surface area contributed by atoms with Gasteiger partial charge in [-0.15, -0.1) is 0 Å². The van der Waals surface area contributed by atoms with Crippen LogP contribution in [-0.4, -0.2) is 28.5 Å². The van der Waals surface area contributed by atoms with E-state index in [9.17, 15) is 9.59 Å². The third-order valence-corrected chi connectivity index (χ3v) is 4.07. The maximum absolute atomic E-state index is 12.6. The number of rotatable bonds is 5. The summed E-state index contributed by atoms with van der Waals surface area (Å²) in [7, 11) is 1.71. The molecule has 0 aliphatic carbocycles. The van der Waals surface area contributed by atoms with Crippen molar-refractivity contribution in [3.63, 3.8) is 0 Å². The number of carbonyl (C=O) groups is 1. The van der Waals surface area contributed by atoms with Gasteiger partial charge in [0, 0.05) is 25.8 Å². The van der Waals surface area contributed by atoms with Crippen LogP contribution >= 0.6 is 11.3 Å². The molecule has 0 bridgehead atoms. The Morgan fingerprint density at radius 2 is 1.68 bits per heavy atom. The van der Waals surface area contributed by atoms with Crippen LogP contribution in [0, 0.1) is 18.8 Å². The molecule has 0 atom stereocenters. The number of aromatic nitrogens is 1. The van der Waals surface area contributed by atoms with Crippen molar-refractivity contribution >= 4 is 17.2 Å². The second-order valence-corrected chi connectivity index (χ2v) is 6.80. The van der Waals surface area contributed by atoms with Gasteiger partial charge in [-0.1, -0.05) is 39.0 Å². The van der Waals surface area contributed by atoms with Gasteiger partial charge in [0.1, 0.15) is 4.88 Å². The summed E-state index contributed by atoms with van der Waals surface area (Å²) in [5, 5.41) is 0. The minimum Gasteiger partial charge on any atom is -0.337 e. The Hall–Kier alpha value is -1.10. The molecule has 0 N–H and O–H groups in total. The molecule has 1 heterocycles. The SMILES string of the molecule is Cc1c(C(=O)N(CC(C)C)CC(C)C)sc(=O)n1C. The number of thiazole rings is 1. The van der Waals surface area contributed by atoms with Crippen LogP contribution in [0.1, 0.15) is 43.1 Å². The van der Waals surface area contributed by atoms with Crippen LogP contribution < -0.4 is 4.87 Å². The third kappa shape index (κ3) is 3.93. The topological polar surface area (TPSA) is 42.3 Å². The maximum Gasteiger partial charge on any atom is 0.307 e. The van der Waals surface area contributed by atoms with Crippen LogP contribution in [0.15, 0.2) is 4.79 Å². The van der Waals surface area contributed by atoms with Crippen LogP contribution in [0.4, 0.5) is 0 Å². The molecule has 0 saturated heterocycles. The molecule has 1 rings (SSSR count). The fourth-order valence-electron chi connectivity index (χ4n) is 1.98. The zero-order valence-electron chi connectivity index (χ0n) is 12.7. The van der Waals surface area contributed by atoms with E-state index in [1.54, 1.807) is 11.6 Å². The summed E-state index contributed by atoms with van der Waals surface area (Å²) in [4.78, 5) is 26.6. The summed E-state index contributed by atoms with van der Waals surface area (Å²) in [5.74, 6) is 0.828. The maximum atomic E-state index is 12.6. The monoisotopic (exact) mass is 284 g/mol. The molecule has 0 aliphatic rings. The first-order chi connectivity index (χ1) is 8.73. The predicted molar refractivity (Wildman–Crippen MR) is 79.9 cm³/mol. The molecular formula is C14H24N2O2S. The number of carbonyl (C=O) groups excluding carboxylic acids is 1. The normalized spacial score (nSPS) is 11.4. The fraction of sp³-hybridized carbons (Fsp3) is 0.714. The van der Waals surface area contributed by atoms with Gasteiger partial charge in [-0.25, -0.2) is 0 Å². The zero-order chi connectivity index (χ0) is 14.7. The first-order valence-corrected chi connectivity index (χ1v) is 7.51. The van der Waals surface area contributed by atoms with Crippen LogP contribution in [0.3, 0.4) is 0 Å². The van der Waals surface area contributed by atoms with Gasteiger partial charge in [-0.3, -0.25) is 9.59 Å². The van der Waals surface area contributed by atoms with Crippen LogP contribution in [0.2, 0.25) is 0 Å². The van der Waals surface area contributed by atoms with Crippen molar-refractivity contribution in [3.05, 3.63) is 20.2 Å². The molecule has 4 nitrogen and oxygen atoms in total. The molecule has 19 heavy (non-hydrogen) atoms. The molecular weight excluding hydrogens is 260 g/mol. The Balaban J connectivity index is 3.04. The number of nitrogens with zero attached hydrogens (tertiary/aromatic N) is 2. The number of hydrogen-bond donors (Lipinski definition) is 0. The van der Waals surface area contributed by atoms with E-state index < -0.39 is 0 Å². The summed E-state index contributed by atoms with van der Waals surface area (Å²) < 4.78 is 1.54. The fourth-order valence-corrected chi connectivity index (χ4v) is 2.93. The largest absolute Gasteiger partial charge is 0.337 e. The van der Waals surface area contributed by atoms with Crippen molar-refractivity contribution < 1.29 is 4.79 Å². The smallest absolute Gasteiger partial charge is 0.307 e. The average molecular weight is 284 g/mol. The summed E-state index contributed by atoms with van der Waals surface area (Å²) in [6, 6.07) is 0. The molecule has 0 radical (unpaired) electrons.